The Balaban J connectivity index is 0.832. The highest BCUT2D eigenvalue weighted by Crippen LogP contribution is 2.44. The molecule has 1 aliphatic heterocycles. The van der Waals surface area contributed by atoms with E-state index in [1.807, 2.05) is 71.8 Å². The molecule has 2 aliphatic rings. The Morgan fingerprint density at radius 3 is 2.10 bits per heavy atom. The molecule has 5 aromatic rings. The standard InChI is InChI=1S/C62H77FN4O9S2/c1-6-52(43-14-10-8-11-15-43)57(44-20-26-49(68)27-21-44)45-22-28-50(29-23-45)76-31-30-66(5)56(69)40-75-35-34-73-32-33-74-36-37-77-51-38-55(60-53(7-2)54(41-78-60)59(70)47-18-24-48(63)25-19-47)67(39-51)62(72)58(46-16-12-9-13-17-46)65-61(71)42(3)64-4/h8,10-11,14-15,18-29,41-42,46,51,55,58,64,68H,6-7,9,12-13,16-17,30-40H2,1-5H3,(H,65,71)/b57-52-/t42-,51+,55-,58-/m0/s1. The number of aromatic hydroxyl groups is 1. The first-order valence-electron chi connectivity index (χ1n) is 27.5. The molecule has 4 atom stereocenters. The van der Waals surface area contributed by atoms with Crippen LogP contribution in [0.5, 0.6) is 11.5 Å². The number of likely N-dealkylation sites (tertiary alicyclic amines) is 1. The van der Waals surface area contributed by atoms with Crippen molar-refractivity contribution in [2.45, 2.75) is 95.5 Å². The normalized spacial score (nSPS) is 16.8. The maximum atomic E-state index is 14.9. The second-order valence-corrected chi connectivity index (χ2v) is 22.2. The van der Waals surface area contributed by atoms with Gasteiger partial charge in [0.05, 0.1) is 51.7 Å². The first-order chi connectivity index (χ1) is 37.9. The molecule has 2 fully saturated rings. The second kappa shape index (κ2) is 30.5. The van der Waals surface area contributed by atoms with Crippen molar-refractivity contribution in [3.05, 3.63) is 153 Å². The van der Waals surface area contributed by atoms with Crippen LogP contribution in [0.4, 0.5) is 4.39 Å². The number of thiophene rings is 1. The summed E-state index contributed by atoms with van der Waals surface area (Å²) in [4.78, 5) is 59.4. The summed E-state index contributed by atoms with van der Waals surface area (Å²) in [6.45, 7) is 8.89. The van der Waals surface area contributed by atoms with E-state index in [1.54, 1.807) is 49.8 Å². The highest BCUT2D eigenvalue weighted by atomic mass is 32.2. The Morgan fingerprint density at radius 2 is 1.45 bits per heavy atom. The topological polar surface area (TPSA) is 156 Å². The van der Waals surface area contributed by atoms with Crippen molar-refractivity contribution in [1.82, 2.24) is 20.4 Å². The van der Waals surface area contributed by atoms with Gasteiger partial charge in [-0.1, -0.05) is 87.7 Å². The Hall–Kier alpha value is -5.88. The first-order valence-corrected chi connectivity index (χ1v) is 29.4. The summed E-state index contributed by atoms with van der Waals surface area (Å²) in [6, 6.07) is 29.8. The molecule has 16 heteroatoms. The first kappa shape index (κ1) is 59.8. The number of ether oxygens (including phenoxy) is 4. The van der Waals surface area contributed by atoms with Gasteiger partial charge in [0.2, 0.25) is 17.7 Å². The molecule has 4 aromatic carbocycles. The molecule has 7 rings (SSSR count). The molecule has 2 heterocycles. The lowest BCUT2D eigenvalue weighted by Gasteiger charge is -2.35. The Bertz CT molecular complexity index is 2730. The number of allylic oxidation sites excluding steroid dienone is 1. The van der Waals surface area contributed by atoms with Crippen LogP contribution >= 0.6 is 23.1 Å². The van der Waals surface area contributed by atoms with Gasteiger partial charge in [0.15, 0.2) is 5.78 Å². The molecule has 418 valence electrons. The van der Waals surface area contributed by atoms with E-state index in [1.165, 1.54) is 41.2 Å². The van der Waals surface area contributed by atoms with E-state index < -0.39 is 17.9 Å². The van der Waals surface area contributed by atoms with E-state index in [4.69, 9.17) is 18.9 Å². The van der Waals surface area contributed by atoms with E-state index in [2.05, 4.69) is 29.7 Å². The molecule has 1 saturated heterocycles. The maximum absolute atomic E-state index is 14.9. The number of hydrogen-bond donors (Lipinski definition) is 3. The van der Waals surface area contributed by atoms with Gasteiger partial charge in [-0.2, -0.15) is 11.8 Å². The van der Waals surface area contributed by atoms with Crippen molar-refractivity contribution >= 4 is 57.7 Å². The smallest absolute Gasteiger partial charge is 0.248 e. The number of benzene rings is 4. The molecule has 0 bridgehead atoms. The van der Waals surface area contributed by atoms with Crippen LogP contribution in [0.1, 0.15) is 115 Å². The number of thioether (sulfide) groups is 1. The fourth-order valence-electron chi connectivity index (χ4n) is 10.3. The number of hydrogen-bond acceptors (Lipinski definition) is 12. The number of phenolic OH excluding ortho intramolecular Hbond substituents is 1. The Kier molecular flexibility index (Phi) is 23.4. The number of ketones is 1. The van der Waals surface area contributed by atoms with Crippen LogP contribution in [0, 0.1) is 11.7 Å². The molecule has 78 heavy (non-hydrogen) atoms. The average molecular weight is 1110 g/mol. The van der Waals surface area contributed by atoms with Crippen LogP contribution in [-0.4, -0.2) is 135 Å². The fourth-order valence-corrected chi connectivity index (χ4v) is 12.7. The number of rotatable bonds is 29. The van der Waals surface area contributed by atoms with E-state index >= 15 is 0 Å². The summed E-state index contributed by atoms with van der Waals surface area (Å²) in [6.07, 6.45) is 6.99. The van der Waals surface area contributed by atoms with Gasteiger partial charge in [-0.05, 0) is 134 Å². The van der Waals surface area contributed by atoms with Gasteiger partial charge in [-0.25, -0.2) is 4.39 Å². The number of likely N-dealkylation sites (N-methyl/N-ethyl adjacent to an activating group) is 2. The Morgan fingerprint density at radius 1 is 0.808 bits per heavy atom. The summed E-state index contributed by atoms with van der Waals surface area (Å²) in [7, 11) is 3.46. The van der Waals surface area contributed by atoms with Gasteiger partial charge >= 0.3 is 0 Å². The average Bonchev–Trinajstić information content (AvgIpc) is 4.17. The lowest BCUT2D eigenvalue weighted by atomic mass is 9.83. The van der Waals surface area contributed by atoms with E-state index in [-0.39, 0.29) is 59.7 Å². The molecule has 1 aliphatic carbocycles. The molecule has 0 radical (unpaired) electrons. The summed E-state index contributed by atoms with van der Waals surface area (Å²) < 4.78 is 37.1. The lowest BCUT2D eigenvalue weighted by molar-refractivity contribution is -0.139. The predicted molar refractivity (Wildman–Crippen MR) is 309 cm³/mol. The van der Waals surface area contributed by atoms with Crippen LogP contribution < -0.4 is 15.4 Å². The third-order valence-electron chi connectivity index (χ3n) is 14.7. The molecule has 13 nitrogen and oxygen atoms in total. The van der Waals surface area contributed by atoms with E-state index in [0.717, 1.165) is 71.2 Å². The highest BCUT2D eigenvalue weighted by molar-refractivity contribution is 7.99. The number of nitrogens with one attached hydrogen (secondary N) is 2. The third kappa shape index (κ3) is 16.4. The summed E-state index contributed by atoms with van der Waals surface area (Å²) in [5.41, 5.74) is 7.36. The molecule has 3 amide bonds. The zero-order chi connectivity index (χ0) is 55.4. The second-order valence-electron chi connectivity index (χ2n) is 19.9. The largest absolute Gasteiger partial charge is 0.508 e. The number of carbonyl (C=O) groups excluding carboxylic acids is 4. The van der Waals surface area contributed by atoms with Crippen LogP contribution in [-0.2, 0) is 35.0 Å². The fraction of sp³-hybridized carbons (Fsp3) is 0.452. The maximum Gasteiger partial charge on any atom is 0.248 e. The summed E-state index contributed by atoms with van der Waals surface area (Å²) in [5, 5.41) is 18.1. The van der Waals surface area contributed by atoms with Gasteiger partial charge in [0.25, 0.3) is 0 Å². The molecular formula is C62H77FN4O9S2. The van der Waals surface area contributed by atoms with Crippen LogP contribution in [0.15, 0.2) is 109 Å². The van der Waals surface area contributed by atoms with Gasteiger partial charge in [-0.3, -0.25) is 19.2 Å². The van der Waals surface area contributed by atoms with E-state index in [9.17, 15) is 28.7 Å². The molecule has 3 N–H and O–H groups in total. The lowest BCUT2D eigenvalue weighted by Crippen LogP contribution is -2.55. The van der Waals surface area contributed by atoms with Crippen LogP contribution in [0.25, 0.3) is 11.1 Å². The van der Waals surface area contributed by atoms with Crippen molar-refractivity contribution in [1.29, 1.82) is 0 Å². The van der Waals surface area contributed by atoms with Crippen molar-refractivity contribution in [3.63, 3.8) is 0 Å². The number of nitrogens with zero attached hydrogens (tertiary/aromatic N) is 2. The minimum Gasteiger partial charge on any atom is -0.508 e. The minimum atomic E-state index is -0.653. The van der Waals surface area contributed by atoms with Crippen molar-refractivity contribution in [3.8, 4) is 11.5 Å². The summed E-state index contributed by atoms with van der Waals surface area (Å²) in [5.74, 6) is 0.630. The minimum absolute atomic E-state index is 0.0359. The van der Waals surface area contributed by atoms with Crippen LogP contribution in [0.3, 0.4) is 0 Å². The van der Waals surface area contributed by atoms with Crippen molar-refractivity contribution < 1.29 is 47.6 Å². The van der Waals surface area contributed by atoms with Gasteiger partial charge < -0.3 is 44.5 Å². The molecule has 1 saturated carbocycles. The number of halogens is 1. The molecular weight excluding hydrogens is 1030 g/mol. The molecule has 0 unspecified atom stereocenters. The quantitative estimate of drug-likeness (QED) is 0.0238. The zero-order valence-corrected chi connectivity index (χ0v) is 47.4. The zero-order valence-electron chi connectivity index (χ0n) is 45.8. The molecule has 1 aromatic heterocycles. The van der Waals surface area contributed by atoms with Gasteiger partial charge in [0, 0.05) is 46.0 Å². The predicted octanol–water partition coefficient (Wildman–Crippen LogP) is 10.4. The Labute approximate surface area is 468 Å². The summed E-state index contributed by atoms with van der Waals surface area (Å²) >= 11 is 3.25. The van der Waals surface area contributed by atoms with Crippen molar-refractivity contribution in [2.75, 3.05) is 79.2 Å². The molecule has 0 spiro atoms. The highest BCUT2D eigenvalue weighted by Gasteiger charge is 2.43. The number of amides is 3. The van der Waals surface area contributed by atoms with Crippen molar-refractivity contribution in [2.24, 2.45) is 5.92 Å². The van der Waals surface area contributed by atoms with E-state index in [0.29, 0.717) is 81.6 Å². The van der Waals surface area contributed by atoms with Gasteiger partial charge in [0.1, 0.15) is 36.6 Å². The number of carbonyl (C=O) groups is 4. The SMILES string of the molecule is CC/C(=C(\c1ccc(O)cc1)c1ccc(OCCN(C)C(=O)COCCOCCOCCS[C@@H]2C[C@@H](c3scc(C(=O)c4ccc(F)cc4)c3CC)N(C(=O)[C@@H](NC(=O)[C@H](C)NC)C3CCCCC3)C2)cc1)c1ccccc1. The number of phenols is 1. The van der Waals surface area contributed by atoms with Crippen LogP contribution in [0.2, 0.25) is 0 Å². The monoisotopic (exact) mass is 1100 g/mol. The third-order valence-corrected chi connectivity index (χ3v) is 17.1. The van der Waals surface area contributed by atoms with Gasteiger partial charge in [-0.15, -0.1) is 11.3 Å².